The van der Waals surface area contributed by atoms with Crippen molar-refractivity contribution in [3.05, 3.63) is 48.0 Å². The number of benzene rings is 1. The van der Waals surface area contributed by atoms with Crippen LogP contribution < -0.4 is 0 Å². The van der Waals surface area contributed by atoms with Gasteiger partial charge in [0.25, 0.3) is 0 Å². The molecule has 174 valence electrons. The minimum absolute atomic E-state index is 0.385. The van der Waals surface area contributed by atoms with E-state index in [0.29, 0.717) is 6.10 Å². The van der Waals surface area contributed by atoms with E-state index in [1.165, 1.54) is 82.3 Å². The number of rotatable bonds is 8. The third-order valence-electron chi connectivity index (χ3n) is 7.85. The quantitative estimate of drug-likeness (QED) is 0.594. The van der Waals surface area contributed by atoms with Crippen LogP contribution >= 0.6 is 0 Å². The Balaban J connectivity index is 1.24. The topological polar surface area (TPSA) is 33.5 Å². The Labute approximate surface area is 193 Å². The molecule has 1 aliphatic carbocycles. The molecule has 0 bridgehead atoms. The van der Waals surface area contributed by atoms with Gasteiger partial charge in [-0.25, -0.2) is 4.98 Å². The van der Waals surface area contributed by atoms with E-state index >= 15 is 0 Å². The smallest absolute Gasteiger partial charge is 0.127 e. The molecule has 3 heterocycles. The highest BCUT2D eigenvalue weighted by Crippen LogP contribution is 2.29. The van der Waals surface area contributed by atoms with Gasteiger partial charge in [0.15, 0.2) is 0 Å². The normalized spacial score (nSPS) is 23.5. The lowest BCUT2D eigenvalue weighted by molar-refractivity contribution is 0.0529. The molecular weight excluding hydrogens is 396 g/mol. The molecule has 2 aliphatic heterocycles. The van der Waals surface area contributed by atoms with Crippen LogP contribution in [0.1, 0.15) is 62.8 Å². The first-order valence-corrected chi connectivity index (χ1v) is 12.9. The molecule has 1 atom stereocenters. The van der Waals surface area contributed by atoms with E-state index in [1.807, 2.05) is 6.20 Å². The van der Waals surface area contributed by atoms with Crippen molar-refractivity contribution in [2.24, 2.45) is 5.92 Å². The third kappa shape index (κ3) is 5.44. The Morgan fingerprint density at radius 2 is 1.88 bits per heavy atom. The van der Waals surface area contributed by atoms with Crippen LogP contribution in [0.4, 0.5) is 0 Å². The zero-order valence-corrected chi connectivity index (χ0v) is 19.8. The highest BCUT2D eigenvalue weighted by Gasteiger charge is 2.29. The molecule has 1 saturated carbocycles. The van der Waals surface area contributed by atoms with E-state index in [1.54, 1.807) is 0 Å². The maximum Gasteiger partial charge on any atom is 0.127 e. The molecule has 0 radical (unpaired) electrons. The summed E-state index contributed by atoms with van der Waals surface area (Å²) < 4.78 is 8.29. The lowest BCUT2D eigenvalue weighted by Crippen LogP contribution is -2.43. The molecule has 0 spiro atoms. The second-order valence-corrected chi connectivity index (χ2v) is 10.3. The molecule has 5 heteroatoms. The van der Waals surface area contributed by atoms with Crippen molar-refractivity contribution in [2.75, 3.05) is 32.8 Å². The van der Waals surface area contributed by atoms with Gasteiger partial charge in [-0.3, -0.25) is 4.90 Å². The number of nitrogens with zero attached hydrogens (tertiary/aromatic N) is 4. The van der Waals surface area contributed by atoms with Crippen molar-refractivity contribution in [3.63, 3.8) is 0 Å². The first kappa shape index (κ1) is 22.1. The molecule has 2 saturated heterocycles. The van der Waals surface area contributed by atoms with Gasteiger partial charge >= 0.3 is 0 Å². The molecule has 3 aliphatic rings. The number of hydrogen-bond acceptors (Lipinski definition) is 4. The van der Waals surface area contributed by atoms with Gasteiger partial charge in [-0.05, 0) is 82.2 Å². The Kier molecular flexibility index (Phi) is 7.25. The van der Waals surface area contributed by atoms with Crippen LogP contribution in [0, 0.1) is 12.8 Å². The number of piperidine rings is 1. The Morgan fingerprint density at radius 3 is 2.62 bits per heavy atom. The van der Waals surface area contributed by atoms with Gasteiger partial charge in [0, 0.05) is 43.8 Å². The van der Waals surface area contributed by atoms with Crippen molar-refractivity contribution < 1.29 is 4.74 Å². The van der Waals surface area contributed by atoms with E-state index in [0.717, 1.165) is 37.5 Å². The van der Waals surface area contributed by atoms with Crippen LogP contribution in [0.15, 0.2) is 36.7 Å². The summed E-state index contributed by atoms with van der Waals surface area (Å²) in [6, 6.07) is 9.59. The Hall–Kier alpha value is -1.69. The van der Waals surface area contributed by atoms with Crippen molar-refractivity contribution in [1.82, 2.24) is 19.4 Å². The molecule has 0 N–H and O–H groups in total. The van der Waals surface area contributed by atoms with Crippen LogP contribution in [-0.2, 0) is 11.3 Å². The maximum atomic E-state index is 6.03. The van der Waals surface area contributed by atoms with Gasteiger partial charge < -0.3 is 14.2 Å². The first-order chi connectivity index (χ1) is 15.7. The molecule has 1 aromatic carbocycles. The van der Waals surface area contributed by atoms with Gasteiger partial charge in [-0.2, -0.15) is 0 Å². The molecule has 1 aromatic heterocycles. The van der Waals surface area contributed by atoms with Crippen LogP contribution in [0.5, 0.6) is 0 Å². The summed E-state index contributed by atoms with van der Waals surface area (Å²) in [4.78, 5) is 10.2. The molecule has 0 unspecified atom stereocenters. The molecule has 0 amide bonds. The second-order valence-electron chi connectivity index (χ2n) is 10.3. The minimum atomic E-state index is 0.385. The van der Waals surface area contributed by atoms with Crippen molar-refractivity contribution in [1.29, 1.82) is 0 Å². The predicted molar refractivity (Wildman–Crippen MR) is 129 cm³/mol. The first-order valence-electron chi connectivity index (χ1n) is 12.9. The molecule has 3 fully saturated rings. The van der Waals surface area contributed by atoms with Crippen LogP contribution in [0.25, 0.3) is 5.69 Å². The SMILES string of the molecule is Cc1cccc(-n2ccnc2CN(CC2CCN(C3CCCC3)CC2)C[C@@H]2CCCO2)c1. The number of ether oxygens (including phenoxy) is 1. The van der Waals surface area contributed by atoms with Gasteiger partial charge in [0.2, 0.25) is 0 Å². The highest BCUT2D eigenvalue weighted by atomic mass is 16.5. The summed E-state index contributed by atoms with van der Waals surface area (Å²) in [6.45, 7) is 8.76. The fourth-order valence-electron chi connectivity index (χ4n) is 6.08. The molecule has 32 heavy (non-hydrogen) atoms. The lowest BCUT2D eigenvalue weighted by atomic mass is 9.94. The fourth-order valence-corrected chi connectivity index (χ4v) is 6.08. The van der Waals surface area contributed by atoms with Gasteiger partial charge in [-0.1, -0.05) is 25.0 Å². The predicted octanol–water partition coefficient (Wildman–Crippen LogP) is 4.82. The Morgan fingerprint density at radius 1 is 1.03 bits per heavy atom. The summed E-state index contributed by atoms with van der Waals surface area (Å²) in [6.07, 6.45) is 15.2. The number of likely N-dealkylation sites (tertiary alicyclic amines) is 1. The molecule has 2 aromatic rings. The molecule has 5 nitrogen and oxygen atoms in total. The maximum absolute atomic E-state index is 6.03. The van der Waals surface area contributed by atoms with Crippen LogP contribution in [0.3, 0.4) is 0 Å². The van der Waals surface area contributed by atoms with Crippen LogP contribution in [-0.4, -0.2) is 64.3 Å². The van der Waals surface area contributed by atoms with E-state index < -0.39 is 0 Å². The third-order valence-corrected chi connectivity index (χ3v) is 7.85. The molecule has 5 rings (SSSR count). The van der Waals surface area contributed by atoms with Gasteiger partial charge in [0.05, 0.1) is 12.6 Å². The van der Waals surface area contributed by atoms with E-state index in [9.17, 15) is 0 Å². The highest BCUT2D eigenvalue weighted by molar-refractivity contribution is 5.36. The van der Waals surface area contributed by atoms with E-state index in [-0.39, 0.29) is 0 Å². The number of imidazole rings is 1. The van der Waals surface area contributed by atoms with E-state index in [4.69, 9.17) is 9.72 Å². The van der Waals surface area contributed by atoms with Crippen molar-refractivity contribution >= 4 is 0 Å². The van der Waals surface area contributed by atoms with Crippen molar-refractivity contribution in [3.8, 4) is 5.69 Å². The van der Waals surface area contributed by atoms with E-state index in [2.05, 4.69) is 51.8 Å². The van der Waals surface area contributed by atoms with Gasteiger partial charge in [-0.15, -0.1) is 0 Å². The summed E-state index contributed by atoms with van der Waals surface area (Å²) in [5, 5.41) is 0. The summed E-state index contributed by atoms with van der Waals surface area (Å²) in [5.74, 6) is 1.92. The molecular formula is C27H40N4O. The number of aryl methyl sites for hydroxylation is 1. The minimum Gasteiger partial charge on any atom is -0.377 e. The Bertz CT molecular complexity index is 845. The number of hydrogen-bond donors (Lipinski definition) is 0. The average Bonchev–Trinajstić information content (AvgIpc) is 3.58. The monoisotopic (exact) mass is 436 g/mol. The largest absolute Gasteiger partial charge is 0.377 e. The zero-order chi connectivity index (χ0) is 21.8. The summed E-state index contributed by atoms with van der Waals surface area (Å²) in [5.41, 5.74) is 2.49. The second kappa shape index (κ2) is 10.5. The standard InChI is InChI=1S/C27H40N4O/c1-22-6-4-9-25(18-22)31-16-13-28-27(31)21-29(20-26-10-5-17-32-26)19-23-11-14-30(15-12-23)24-7-2-3-8-24/h4,6,9,13,16,18,23-24,26H,2-3,5,7-8,10-12,14-15,17,19-21H2,1H3/t26-/m0/s1. The summed E-state index contributed by atoms with van der Waals surface area (Å²) >= 11 is 0. The average molecular weight is 437 g/mol. The number of aromatic nitrogens is 2. The van der Waals surface area contributed by atoms with Crippen molar-refractivity contribution in [2.45, 2.75) is 77.0 Å². The van der Waals surface area contributed by atoms with Crippen LogP contribution in [0.2, 0.25) is 0 Å². The lowest BCUT2D eigenvalue weighted by Gasteiger charge is -2.38. The summed E-state index contributed by atoms with van der Waals surface area (Å²) in [7, 11) is 0. The van der Waals surface area contributed by atoms with Gasteiger partial charge in [0.1, 0.15) is 5.82 Å². The fraction of sp³-hybridized carbons (Fsp3) is 0.667. The zero-order valence-electron chi connectivity index (χ0n) is 19.8.